The molecule has 0 unspecified atom stereocenters. The second-order valence-electron chi connectivity index (χ2n) is 5.46. The van der Waals surface area contributed by atoms with Gasteiger partial charge in [0.25, 0.3) is 11.2 Å². The number of esters is 1. The van der Waals surface area contributed by atoms with Crippen molar-refractivity contribution in [3.05, 3.63) is 38.3 Å². The number of rotatable bonds is 4. The third kappa shape index (κ3) is 2.56. The van der Waals surface area contributed by atoms with Gasteiger partial charge in [-0.15, -0.1) is 0 Å². The van der Waals surface area contributed by atoms with E-state index in [2.05, 4.69) is 4.74 Å². The standard InChI is InChI=1S/C13H16N2O5/c1-13(4-3-5-13)8-14-7-9(15(18)19)6-10(11(14)16)12(17)20-2/h6-7H,3-5,8H2,1-2H3. The van der Waals surface area contributed by atoms with Crippen molar-refractivity contribution in [2.45, 2.75) is 32.7 Å². The lowest BCUT2D eigenvalue weighted by atomic mass is 9.70. The molecule has 1 heterocycles. The zero-order chi connectivity index (χ0) is 14.9. The lowest BCUT2D eigenvalue weighted by molar-refractivity contribution is -0.385. The molecule has 0 bridgehead atoms. The predicted molar refractivity (Wildman–Crippen MR) is 70.7 cm³/mol. The van der Waals surface area contributed by atoms with Crippen LogP contribution in [0.1, 0.15) is 36.5 Å². The fourth-order valence-electron chi connectivity index (χ4n) is 2.44. The molecule has 0 amide bonds. The van der Waals surface area contributed by atoms with Crippen molar-refractivity contribution in [1.82, 2.24) is 4.57 Å². The highest BCUT2D eigenvalue weighted by Gasteiger charge is 2.33. The van der Waals surface area contributed by atoms with Gasteiger partial charge in [-0.1, -0.05) is 13.3 Å². The van der Waals surface area contributed by atoms with Crippen molar-refractivity contribution < 1.29 is 14.5 Å². The molecule has 0 radical (unpaired) electrons. The maximum Gasteiger partial charge on any atom is 0.343 e. The minimum absolute atomic E-state index is 0.0353. The van der Waals surface area contributed by atoms with E-state index in [1.165, 1.54) is 10.8 Å². The molecule has 1 aromatic rings. The first kappa shape index (κ1) is 14.2. The van der Waals surface area contributed by atoms with Gasteiger partial charge >= 0.3 is 5.97 Å². The van der Waals surface area contributed by atoms with Crippen LogP contribution in [0.2, 0.25) is 0 Å². The number of ether oxygens (including phenoxy) is 1. The Hall–Kier alpha value is -2.18. The van der Waals surface area contributed by atoms with Crippen molar-refractivity contribution in [3.63, 3.8) is 0 Å². The van der Waals surface area contributed by atoms with E-state index in [0.717, 1.165) is 32.4 Å². The average Bonchev–Trinajstić information content (AvgIpc) is 2.38. The van der Waals surface area contributed by atoms with E-state index in [4.69, 9.17) is 0 Å². The van der Waals surface area contributed by atoms with Gasteiger partial charge in [0.15, 0.2) is 0 Å². The first-order chi connectivity index (χ1) is 9.36. The van der Waals surface area contributed by atoms with Crippen molar-refractivity contribution in [2.75, 3.05) is 7.11 Å². The molecule has 0 N–H and O–H groups in total. The molecule has 1 aliphatic carbocycles. The summed E-state index contributed by atoms with van der Waals surface area (Å²) >= 11 is 0. The van der Waals surface area contributed by atoms with Gasteiger partial charge in [0, 0.05) is 12.6 Å². The molecule has 20 heavy (non-hydrogen) atoms. The monoisotopic (exact) mass is 280 g/mol. The second kappa shape index (κ2) is 5.07. The Morgan fingerprint density at radius 1 is 1.55 bits per heavy atom. The molecule has 2 rings (SSSR count). The average molecular weight is 280 g/mol. The maximum atomic E-state index is 12.2. The van der Waals surface area contributed by atoms with E-state index in [0.29, 0.717) is 6.54 Å². The number of nitrogens with zero attached hydrogens (tertiary/aromatic N) is 2. The van der Waals surface area contributed by atoms with E-state index in [9.17, 15) is 19.7 Å². The van der Waals surface area contributed by atoms with Gasteiger partial charge in [0.2, 0.25) is 0 Å². The van der Waals surface area contributed by atoms with Crippen LogP contribution in [0.5, 0.6) is 0 Å². The van der Waals surface area contributed by atoms with E-state index < -0.39 is 16.5 Å². The van der Waals surface area contributed by atoms with Gasteiger partial charge in [-0.3, -0.25) is 14.9 Å². The van der Waals surface area contributed by atoms with Gasteiger partial charge in [0.1, 0.15) is 5.56 Å². The highest BCUT2D eigenvalue weighted by atomic mass is 16.6. The number of carbonyl (C=O) groups excluding carboxylic acids is 1. The van der Waals surface area contributed by atoms with E-state index in [-0.39, 0.29) is 16.7 Å². The predicted octanol–water partition coefficient (Wildman–Crippen LogP) is 1.73. The number of nitro groups is 1. The van der Waals surface area contributed by atoms with Gasteiger partial charge < -0.3 is 9.30 Å². The van der Waals surface area contributed by atoms with Gasteiger partial charge in [-0.25, -0.2) is 4.79 Å². The largest absolute Gasteiger partial charge is 0.465 e. The van der Waals surface area contributed by atoms with E-state index >= 15 is 0 Å². The number of carbonyl (C=O) groups is 1. The van der Waals surface area contributed by atoms with Crippen LogP contribution in [0.25, 0.3) is 0 Å². The van der Waals surface area contributed by atoms with Crippen LogP contribution in [-0.2, 0) is 11.3 Å². The molecule has 0 aliphatic heterocycles. The Morgan fingerprint density at radius 3 is 2.65 bits per heavy atom. The van der Waals surface area contributed by atoms with E-state index in [1.54, 1.807) is 0 Å². The molecule has 0 spiro atoms. The lowest BCUT2D eigenvalue weighted by Crippen LogP contribution is -2.36. The quantitative estimate of drug-likeness (QED) is 0.476. The highest BCUT2D eigenvalue weighted by molar-refractivity contribution is 5.89. The number of aromatic nitrogens is 1. The molecule has 1 fully saturated rings. The summed E-state index contributed by atoms with van der Waals surface area (Å²) < 4.78 is 5.76. The van der Waals surface area contributed by atoms with Crippen LogP contribution in [0.15, 0.2) is 17.1 Å². The molecular weight excluding hydrogens is 264 g/mol. The molecule has 108 valence electrons. The molecule has 0 saturated heterocycles. The second-order valence-corrected chi connectivity index (χ2v) is 5.46. The minimum Gasteiger partial charge on any atom is -0.465 e. The summed E-state index contributed by atoms with van der Waals surface area (Å²) in [5, 5.41) is 10.9. The molecular formula is C13H16N2O5. The summed E-state index contributed by atoms with van der Waals surface area (Å²) in [6, 6.07) is 0.966. The SMILES string of the molecule is COC(=O)c1cc([N+](=O)[O-])cn(CC2(C)CCC2)c1=O. The summed E-state index contributed by atoms with van der Waals surface area (Å²) in [7, 11) is 1.14. The van der Waals surface area contributed by atoms with Crippen LogP contribution < -0.4 is 5.56 Å². The van der Waals surface area contributed by atoms with Crippen molar-refractivity contribution >= 4 is 11.7 Å². The summed E-state index contributed by atoms with van der Waals surface area (Å²) in [6.45, 7) is 2.40. The summed E-state index contributed by atoms with van der Waals surface area (Å²) in [5.74, 6) is -0.855. The number of pyridine rings is 1. The van der Waals surface area contributed by atoms with Crippen molar-refractivity contribution in [2.24, 2.45) is 5.41 Å². The summed E-state index contributed by atoms with van der Waals surface area (Å²) in [6.07, 6.45) is 4.22. The summed E-state index contributed by atoms with van der Waals surface area (Å²) in [4.78, 5) is 34.0. The lowest BCUT2D eigenvalue weighted by Gasteiger charge is -2.38. The molecule has 1 aromatic heterocycles. The first-order valence-electron chi connectivity index (χ1n) is 6.33. The molecule has 7 heteroatoms. The molecule has 0 aromatic carbocycles. The Morgan fingerprint density at radius 2 is 2.20 bits per heavy atom. The first-order valence-corrected chi connectivity index (χ1v) is 6.33. The third-order valence-corrected chi connectivity index (χ3v) is 3.80. The Balaban J connectivity index is 2.49. The Bertz CT molecular complexity index is 616. The molecule has 0 atom stereocenters. The molecule has 1 saturated carbocycles. The maximum absolute atomic E-state index is 12.2. The fraction of sp³-hybridized carbons (Fsp3) is 0.538. The number of hydrogen-bond acceptors (Lipinski definition) is 5. The molecule has 7 nitrogen and oxygen atoms in total. The zero-order valence-corrected chi connectivity index (χ0v) is 11.4. The highest BCUT2D eigenvalue weighted by Crippen LogP contribution is 2.41. The van der Waals surface area contributed by atoms with Crippen molar-refractivity contribution in [1.29, 1.82) is 0 Å². The van der Waals surface area contributed by atoms with Gasteiger partial charge in [-0.2, -0.15) is 0 Å². The van der Waals surface area contributed by atoms with Crippen molar-refractivity contribution in [3.8, 4) is 0 Å². The topological polar surface area (TPSA) is 91.4 Å². The summed E-state index contributed by atoms with van der Waals surface area (Å²) in [5.41, 5.74) is -1.17. The Labute approximate surface area is 115 Å². The normalized spacial score (nSPS) is 16.3. The zero-order valence-electron chi connectivity index (χ0n) is 11.4. The van der Waals surface area contributed by atoms with Crippen LogP contribution in [0, 0.1) is 15.5 Å². The number of methoxy groups -OCH3 is 1. The van der Waals surface area contributed by atoms with E-state index in [1.807, 2.05) is 6.92 Å². The minimum atomic E-state index is -0.855. The van der Waals surface area contributed by atoms with Crippen LogP contribution >= 0.6 is 0 Å². The van der Waals surface area contributed by atoms with Crippen LogP contribution in [0.3, 0.4) is 0 Å². The van der Waals surface area contributed by atoms with Crippen LogP contribution in [0.4, 0.5) is 5.69 Å². The van der Waals surface area contributed by atoms with Gasteiger partial charge in [0.05, 0.1) is 18.2 Å². The van der Waals surface area contributed by atoms with Gasteiger partial charge in [-0.05, 0) is 18.3 Å². The fourth-order valence-corrected chi connectivity index (χ4v) is 2.44. The van der Waals surface area contributed by atoms with Crippen LogP contribution in [-0.4, -0.2) is 22.6 Å². The third-order valence-electron chi connectivity index (χ3n) is 3.80. The smallest absolute Gasteiger partial charge is 0.343 e. The number of hydrogen-bond donors (Lipinski definition) is 0. The Kier molecular flexibility index (Phi) is 3.61. The molecule has 1 aliphatic rings.